The summed E-state index contributed by atoms with van der Waals surface area (Å²) in [5, 5.41) is 1.42. The third-order valence-electron chi connectivity index (χ3n) is 5.75. The van der Waals surface area contributed by atoms with Crippen molar-refractivity contribution in [2.24, 2.45) is 5.92 Å². The quantitative estimate of drug-likeness (QED) is 0.276. The van der Waals surface area contributed by atoms with Crippen LogP contribution in [0.2, 0.25) is 15.2 Å². The molecule has 7 nitrogen and oxygen atoms in total. The Labute approximate surface area is 226 Å². The highest BCUT2D eigenvalue weighted by Crippen LogP contribution is 2.30. The van der Waals surface area contributed by atoms with Crippen molar-refractivity contribution in [3.63, 3.8) is 0 Å². The van der Waals surface area contributed by atoms with Crippen LogP contribution in [0.1, 0.15) is 38.7 Å². The fraction of sp³-hybridized carbons (Fsp3) is 0.385. The average Bonchev–Trinajstić information content (AvgIpc) is 2.86. The summed E-state index contributed by atoms with van der Waals surface area (Å²) in [6.07, 6.45) is 6.64. The van der Waals surface area contributed by atoms with E-state index in [9.17, 15) is 4.79 Å². The number of nitrogens with zero attached hydrogens (tertiary/aromatic N) is 4. The van der Waals surface area contributed by atoms with Crippen LogP contribution in [0, 0.1) is 5.92 Å². The third kappa shape index (κ3) is 8.89. The molecule has 0 bridgehead atoms. The summed E-state index contributed by atoms with van der Waals surface area (Å²) in [5.74, 6) is 1.59. The Kier molecular flexibility index (Phi) is 11.2. The Hall–Kier alpha value is -2.45. The second-order valence-electron chi connectivity index (χ2n) is 8.32. The van der Waals surface area contributed by atoms with Crippen molar-refractivity contribution in [3.05, 3.63) is 63.5 Å². The lowest BCUT2D eigenvalue weighted by Gasteiger charge is -2.31. The van der Waals surface area contributed by atoms with Crippen LogP contribution in [0.25, 0.3) is 11.3 Å². The van der Waals surface area contributed by atoms with Gasteiger partial charge < -0.3 is 9.47 Å². The van der Waals surface area contributed by atoms with E-state index in [4.69, 9.17) is 39.5 Å². The molecule has 0 radical (unpaired) electrons. The minimum atomic E-state index is 0.304. The number of ether oxygens (including phenoxy) is 2. The van der Waals surface area contributed by atoms with Gasteiger partial charge in [0, 0.05) is 28.2 Å². The van der Waals surface area contributed by atoms with Gasteiger partial charge in [0.1, 0.15) is 5.15 Å². The largest absolute Gasteiger partial charge is 0.468 e. The molecule has 2 aromatic heterocycles. The van der Waals surface area contributed by atoms with Crippen molar-refractivity contribution in [3.8, 4) is 23.0 Å². The zero-order chi connectivity index (χ0) is 25.9. The highest BCUT2D eigenvalue weighted by atomic mass is 35.5. The van der Waals surface area contributed by atoms with Crippen LogP contribution in [0.15, 0.2) is 42.7 Å². The van der Waals surface area contributed by atoms with E-state index in [1.165, 1.54) is 31.7 Å². The average molecular weight is 552 g/mol. The van der Waals surface area contributed by atoms with Crippen LogP contribution in [0.5, 0.6) is 11.8 Å². The van der Waals surface area contributed by atoms with Crippen molar-refractivity contribution in [2.45, 2.75) is 39.7 Å². The van der Waals surface area contributed by atoms with E-state index >= 15 is 0 Å². The van der Waals surface area contributed by atoms with E-state index < -0.39 is 0 Å². The number of pyridine rings is 1. The van der Waals surface area contributed by atoms with E-state index in [1.807, 2.05) is 18.2 Å². The lowest BCUT2D eigenvalue weighted by molar-refractivity contribution is -0.128. The second kappa shape index (κ2) is 14.3. The topological polar surface area (TPSA) is 77.4 Å². The monoisotopic (exact) mass is 550 g/mol. The summed E-state index contributed by atoms with van der Waals surface area (Å²) in [7, 11) is 0. The molecule has 0 aliphatic carbocycles. The summed E-state index contributed by atoms with van der Waals surface area (Å²) in [4.78, 5) is 24.5. The molecular weight excluding hydrogens is 523 g/mol. The Morgan fingerprint density at radius 1 is 0.972 bits per heavy atom. The van der Waals surface area contributed by atoms with Gasteiger partial charge in [0.05, 0.1) is 24.7 Å². The predicted molar refractivity (Wildman–Crippen MR) is 143 cm³/mol. The summed E-state index contributed by atoms with van der Waals surface area (Å²) in [6, 6.07) is 9.40. The normalized spacial score (nSPS) is 14.0. The van der Waals surface area contributed by atoms with Crippen molar-refractivity contribution in [2.75, 3.05) is 19.7 Å². The Bertz CT molecular complexity index is 1100. The summed E-state index contributed by atoms with van der Waals surface area (Å²) < 4.78 is 10.0. The molecule has 0 atom stereocenters. The van der Waals surface area contributed by atoms with Crippen LogP contribution in [0.4, 0.5) is 0 Å². The minimum absolute atomic E-state index is 0.304. The number of likely N-dealkylation sites (tertiary alicyclic amines) is 1. The van der Waals surface area contributed by atoms with Crippen molar-refractivity contribution in [1.82, 2.24) is 19.9 Å². The van der Waals surface area contributed by atoms with E-state index in [-0.39, 0.29) is 0 Å². The highest BCUT2D eigenvalue weighted by Gasteiger charge is 2.19. The highest BCUT2D eigenvalue weighted by molar-refractivity contribution is 6.35. The van der Waals surface area contributed by atoms with Gasteiger partial charge in [0.15, 0.2) is 0 Å². The summed E-state index contributed by atoms with van der Waals surface area (Å²) in [6.45, 7) is 7.95. The van der Waals surface area contributed by atoms with Crippen LogP contribution in [-0.4, -0.2) is 46.0 Å². The Morgan fingerprint density at radius 2 is 1.69 bits per heavy atom. The van der Waals surface area contributed by atoms with Crippen molar-refractivity contribution in [1.29, 1.82) is 0 Å². The van der Waals surface area contributed by atoms with Gasteiger partial charge in [0.2, 0.25) is 11.8 Å². The molecule has 3 aromatic rings. The molecule has 1 saturated heterocycles. The number of hydrogen-bond acceptors (Lipinski definition) is 7. The van der Waals surface area contributed by atoms with Gasteiger partial charge in [-0.3, -0.25) is 9.69 Å². The van der Waals surface area contributed by atoms with Gasteiger partial charge in [-0.05, 0) is 68.6 Å². The molecule has 36 heavy (non-hydrogen) atoms. The number of piperidine rings is 1. The molecule has 4 rings (SSSR count). The van der Waals surface area contributed by atoms with E-state index in [0.717, 1.165) is 42.4 Å². The zero-order valence-electron chi connectivity index (χ0n) is 20.3. The fourth-order valence-electron chi connectivity index (χ4n) is 3.89. The van der Waals surface area contributed by atoms with Crippen LogP contribution in [-0.2, 0) is 16.1 Å². The van der Waals surface area contributed by atoms with Gasteiger partial charge in [0.25, 0.3) is 6.47 Å². The number of carbonyl (C=O) groups is 1. The molecule has 0 saturated carbocycles. The molecule has 0 amide bonds. The van der Waals surface area contributed by atoms with E-state index in [0.29, 0.717) is 40.0 Å². The number of halogens is 3. The molecule has 0 unspecified atom stereocenters. The molecule has 0 spiro atoms. The van der Waals surface area contributed by atoms with E-state index in [2.05, 4.69) is 37.6 Å². The van der Waals surface area contributed by atoms with Crippen molar-refractivity contribution < 1.29 is 14.3 Å². The molecule has 1 fully saturated rings. The molecule has 3 heterocycles. The van der Waals surface area contributed by atoms with Crippen molar-refractivity contribution >= 4 is 41.3 Å². The summed E-state index contributed by atoms with van der Waals surface area (Å²) in [5.41, 5.74) is 2.67. The smallest absolute Gasteiger partial charge is 0.293 e. The minimum Gasteiger partial charge on any atom is -0.468 e. The van der Waals surface area contributed by atoms with Gasteiger partial charge >= 0.3 is 0 Å². The maximum Gasteiger partial charge on any atom is 0.293 e. The van der Waals surface area contributed by atoms with Gasteiger partial charge in [-0.1, -0.05) is 48.1 Å². The lowest BCUT2D eigenvalue weighted by Crippen LogP contribution is -2.33. The first-order chi connectivity index (χ1) is 17.4. The molecule has 0 N–H and O–H groups in total. The first kappa shape index (κ1) is 28.1. The first-order valence-corrected chi connectivity index (χ1v) is 12.9. The van der Waals surface area contributed by atoms with Crippen LogP contribution >= 0.6 is 34.8 Å². The maximum absolute atomic E-state index is 9.18. The van der Waals surface area contributed by atoms with Crippen LogP contribution in [0.3, 0.4) is 0 Å². The number of hydrogen-bond donors (Lipinski definition) is 0. The first-order valence-electron chi connectivity index (χ1n) is 11.8. The Balaban J connectivity index is 0.000000658. The molecular formula is C26H29Cl3N4O3. The zero-order valence-corrected chi connectivity index (χ0v) is 22.6. The van der Waals surface area contributed by atoms with Gasteiger partial charge in [-0.25, -0.2) is 15.0 Å². The number of benzene rings is 1. The Morgan fingerprint density at radius 3 is 2.25 bits per heavy atom. The lowest BCUT2D eigenvalue weighted by atomic mass is 9.94. The molecule has 1 aliphatic rings. The fourth-order valence-corrected chi connectivity index (χ4v) is 4.52. The standard InChI is InChI=1S/C23H23Cl3N4O.C3H6O2/c1-2-15-3-5-30(6-4-15)14-16-7-20(17-9-18(24)11-19(25)10-17)29-22(8-16)31-23-13-27-21(26)12-28-23;1-2-5-3-4/h7-13,15H,2-6,14H2,1H3;3H,2H2,1H3. The third-order valence-corrected chi connectivity index (χ3v) is 6.38. The molecule has 192 valence electrons. The number of carbonyl (C=O) groups excluding carboxylic acids is 1. The number of rotatable bonds is 8. The second-order valence-corrected chi connectivity index (χ2v) is 9.58. The van der Waals surface area contributed by atoms with Gasteiger partial charge in [-0.2, -0.15) is 0 Å². The van der Waals surface area contributed by atoms with Gasteiger partial charge in [-0.15, -0.1) is 0 Å². The molecule has 1 aromatic carbocycles. The van der Waals surface area contributed by atoms with Crippen LogP contribution < -0.4 is 4.74 Å². The SMILES string of the molecule is CCC1CCN(Cc2cc(Oc3cnc(Cl)cn3)nc(-c3cc(Cl)cc(Cl)c3)c2)CC1.CCOC=O. The summed E-state index contributed by atoms with van der Waals surface area (Å²) >= 11 is 18.3. The molecule has 1 aliphatic heterocycles. The molecule has 10 heteroatoms. The number of aromatic nitrogens is 3. The predicted octanol–water partition coefficient (Wildman–Crippen LogP) is 7.09. The van der Waals surface area contributed by atoms with E-state index in [1.54, 1.807) is 13.0 Å². The maximum atomic E-state index is 9.18.